The van der Waals surface area contributed by atoms with Crippen LogP contribution in [0.5, 0.6) is 17.5 Å². The number of benzene rings is 2. The van der Waals surface area contributed by atoms with Crippen LogP contribution in [0.15, 0.2) is 48.5 Å². The lowest BCUT2D eigenvalue weighted by atomic mass is 9.93. The highest BCUT2D eigenvalue weighted by Gasteiger charge is 2.26. The van der Waals surface area contributed by atoms with Gasteiger partial charge in [0.1, 0.15) is 11.6 Å². The topological polar surface area (TPSA) is 153 Å². The number of aliphatic carboxylic acids is 1. The smallest absolute Gasteiger partial charge is 0.303 e. The number of pyridine rings is 2. The van der Waals surface area contributed by atoms with Gasteiger partial charge >= 0.3 is 5.97 Å². The molecule has 6 rings (SSSR count). The highest BCUT2D eigenvalue weighted by molar-refractivity contribution is 6.36. The number of carboxylic acid groups (broad SMARTS) is 1. The van der Waals surface area contributed by atoms with E-state index in [1.165, 1.54) is 6.21 Å². The number of rotatable bonds is 14. The summed E-state index contributed by atoms with van der Waals surface area (Å²) in [6.07, 6.45) is 3.61. The second kappa shape index (κ2) is 16.9. The van der Waals surface area contributed by atoms with E-state index in [1.54, 1.807) is 21.3 Å². The number of carbonyl (C=O) groups is 1. The average Bonchev–Trinajstić information content (AvgIpc) is 3.57. The quantitative estimate of drug-likeness (QED) is 0.101. The Labute approximate surface area is 315 Å². The molecule has 4 N–H and O–H groups in total. The lowest BCUT2D eigenvalue weighted by molar-refractivity contribution is -0.138. The number of ether oxygens (including phenoxy) is 3. The Kier molecular flexibility index (Phi) is 12.1. The molecule has 0 unspecified atom stereocenters. The Balaban J connectivity index is 1.27. The number of halogens is 1. The molecule has 2 aliphatic rings. The minimum atomic E-state index is -0.737. The van der Waals surface area contributed by atoms with Crippen molar-refractivity contribution in [2.45, 2.75) is 51.8 Å². The molecule has 1 atom stereocenters. The number of β-amino-alcohol motifs (C(OH)–C–C–N with tert-alkyl or cyclic N) is 1. The fourth-order valence-electron chi connectivity index (χ4n) is 7.39. The van der Waals surface area contributed by atoms with Crippen LogP contribution in [0, 0.1) is 18.3 Å². The summed E-state index contributed by atoms with van der Waals surface area (Å²) in [7, 11) is 4.79. The number of nitrogens with zero attached hydrogens (tertiary/aromatic N) is 4. The van der Waals surface area contributed by atoms with Crippen LogP contribution in [0.1, 0.15) is 47.9 Å². The Bertz CT molecular complexity index is 1940. The van der Waals surface area contributed by atoms with Gasteiger partial charge < -0.3 is 35.1 Å². The molecule has 0 radical (unpaired) electrons. The predicted octanol–water partition coefficient (Wildman–Crippen LogP) is 6.79. The number of aryl methyl sites for hydroxylation is 1. The first kappa shape index (κ1) is 38.0. The summed E-state index contributed by atoms with van der Waals surface area (Å²) in [5, 5.41) is 31.5. The fraction of sp³-hybridized carbons (Fsp3) is 0.400. The predicted molar refractivity (Wildman–Crippen MR) is 206 cm³/mol. The lowest BCUT2D eigenvalue weighted by Gasteiger charge is -2.32. The van der Waals surface area contributed by atoms with Gasteiger partial charge in [0.15, 0.2) is 0 Å². The summed E-state index contributed by atoms with van der Waals surface area (Å²) < 4.78 is 17.3. The van der Waals surface area contributed by atoms with Crippen LogP contribution in [-0.4, -0.2) is 95.8 Å². The van der Waals surface area contributed by atoms with E-state index in [2.05, 4.69) is 15.1 Å². The number of likely N-dealkylation sites (tertiary alicyclic amines) is 2. The van der Waals surface area contributed by atoms with Gasteiger partial charge in [-0.1, -0.05) is 41.9 Å². The second-order valence-electron chi connectivity index (χ2n) is 13.7. The number of carboxylic acids is 1. The summed E-state index contributed by atoms with van der Waals surface area (Å²) in [6, 6.07) is 15.3. The van der Waals surface area contributed by atoms with E-state index in [0.29, 0.717) is 64.9 Å². The zero-order valence-corrected chi connectivity index (χ0v) is 31.4. The van der Waals surface area contributed by atoms with E-state index in [0.717, 1.165) is 72.3 Å². The van der Waals surface area contributed by atoms with Crippen molar-refractivity contribution in [2.75, 3.05) is 52.8 Å². The standard InChI is InChI=1S/C40H47ClN6O6/c1-24-17-34(44-39(52-3)31(24)22-46-14-11-25(12-15-46)18-37(49)50)29-9-5-8-28(38(29)41)27-7-6-10-33(30(27)20-42)43-36-19-35(51-2)32(40(45-36)53-4)23-47-16-13-26(48)21-47/h5-10,17,19-20,25-26,42,48H,11-16,18,21-23H2,1-4H3,(H,43,45)(H,49,50)/t26-/m1/s1. The molecule has 0 spiro atoms. The Morgan fingerprint density at radius 1 is 0.925 bits per heavy atom. The summed E-state index contributed by atoms with van der Waals surface area (Å²) in [6.45, 7) is 6.25. The van der Waals surface area contributed by atoms with Gasteiger partial charge in [-0.3, -0.25) is 14.6 Å². The molecule has 2 fully saturated rings. The summed E-state index contributed by atoms with van der Waals surface area (Å²) in [4.78, 5) is 25.3. The van der Waals surface area contributed by atoms with E-state index in [9.17, 15) is 15.0 Å². The Morgan fingerprint density at radius 3 is 2.25 bits per heavy atom. The summed E-state index contributed by atoms with van der Waals surface area (Å²) in [5.74, 6) is 1.51. The van der Waals surface area contributed by atoms with E-state index < -0.39 is 5.97 Å². The number of aliphatic hydroxyl groups is 1. The van der Waals surface area contributed by atoms with Gasteiger partial charge in [-0.15, -0.1) is 0 Å². The molecule has 2 saturated heterocycles. The van der Waals surface area contributed by atoms with Crippen molar-refractivity contribution in [3.63, 3.8) is 0 Å². The Morgan fingerprint density at radius 2 is 1.58 bits per heavy atom. The zero-order valence-electron chi connectivity index (χ0n) is 30.6. The van der Waals surface area contributed by atoms with Crippen molar-refractivity contribution in [1.29, 1.82) is 5.41 Å². The number of hydrogen-bond donors (Lipinski definition) is 4. The number of piperidine rings is 1. The van der Waals surface area contributed by atoms with Gasteiger partial charge in [0.05, 0.1) is 43.7 Å². The van der Waals surface area contributed by atoms with Crippen LogP contribution < -0.4 is 19.5 Å². The van der Waals surface area contributed by atoms with Gasteiger partial charge in [0.25, 0.3) is 0 Å². The van der Waals surface area contributed by atoms with E-state index >= 15 is 0 Å². The maximum Gasteiger partial charge on any atom is 0.303 e. The van der Waals surface area contributed by atoms with Crippen LogP contribution in [0.3, 0.4) is 0 Å². The van der Waals surface area contributed by atoms with Crippen molar-refractivity contribution in [3.05, 3.63) is 75.8 Å². The molecule has 0 aliphatic carbocycles. The van der Waals surface area contributed by atoms with Crippen LogP contribution >= 0.6 is 11.6 Å². The number of methoxy groups -OCH3 is 3. The highest BCUT2D eigenvalue weighted by Crippen LogP contribution is 2.41. The molecule has 0 amide bonds. The number of aromatic nitrogens is 2. The molecule has 280 valence electrons. The van der Waals surface area contributed by atoms with Crippen LogP contribution in [0.2, 0.25) is 5.02 Å². The zero-order chi connectivity index (χ0) is 37.6. The van der Waals surface area contributed by atoms with Crippen molar-refractivity contribution >= 4 is 35.3 Å². The molecule has 13 heteroatoms. The monoisotopic (exact) mass is 742 g/mol. The molecule has 4 heterocycles. The third-order valence-corrected chi connectivity index (χ3v) is 10.6. The molecule has 2 aliphatic heterocycles. The van der Waals surface area contributed by atoms with Gasteiger partial charge in [-0.25, -0.2) is 4.98 Å². The normalized spacial score (nSPS) is 16.8. The van der Waals surface area contributed by atoms with Crippen molar-refractivity contribution in [1.82, 2.24) is 19.8 Å². The Hall–Kier alpha value is -4.75. The average molecular weight is 743 g/mol. The third kappa shape index (κ3) is 8.57. The van der Waals surface area contributed by atoms with E-state index in [4.69, 9.17) is 41.2 Å². The molecule has 4 aromatic rings. The van der Waals surface area contributed by atoms with Gasteiger partial charge in [0, 0.05) is 72.8 Å². The number of anilines is 2. The summed E-state index contributed by atoms with van der Waals surface area (Å²) >= 11 is 7.20. The molecule has 0 saturated carbocycles. The van der Waals surface area contributed by atoms with E-state index in [1.807, 2.05) is 55.5 Å². The van der Waals surface area contributed by atoms with Gasteiger partial charge in [0.2, 0.25) is 11.8 Å². The van der Waals surface area contributed by atoms with Crippen molar-refractivity contribution in [3.8, 4) is 39.9 Å². The molecule has 0 bridgehead atoms. The molecule has 2 aromatic heterocycles. The first-order valence-corrected chi connectivity index (χ1v) is 18.2. The van der Waals surface area contributed by atoms with E-state index in [-0.39, 0.29) is 18.4 Å². The molecule has 12 nitrogen and oxygen atoms in total. The minimum Gasteiger partial charge on any atom is -0.496 e. The van der Waals surface area contributed by atoms with Crippen molar-refractivity contribution in [2.24, 2.45) is 5.92 Å². The number of nitrogens with one attached hydrogen (secondary N) is 2. The lowest BCUT2D eigenvalue weighted by Crippen LogP contribution is -2.34. The number of aliphatic hydroxyl groups excluding tert-OH is 1. The molecule has 2 aromatic carbocycles. The maximum atomic E-state index is 11.2. The SMILES string of the molecule is COc1cc(Nc2cccc(-c3cccc(-c4cc(C)c(CN5CCC(CC(=O)O)CC5)c(OC)n4)c3Cl)c2C=N)nc(OC)c1CN1CC[C@@H](O)C1. The van der Waals surface area contributed by atoms with Crippen LogP contribution in [0.4, 0.5) is 11.5 Å². The largest absolute Gasteiger partial charge is 0.496 e. The maximum absolute atomic E-state index is 11.2. The van der Waals surface area contributed by atoms with Crippen molar-refractivity contribution < 1.29 is 29.2 Å². The van der Waals surface area contributed by atoms with Gasteiger partial charge in [-0.2, -0.15) is 4.98 Å². The van der Waals surface area contributed by atoms with Crippen LogP contribution in [-0.2, 0) is 17.9 Å². The second-order valence-corrected chi connectivity index (χ2v) is 14.1. The van der Waals surface area contributed by atoms with Crippen LogP contribution in [0.25, 0.3) is 22.4 Å². The highest BCUT2D eigenvalue weighted by atomic mass is 35.5. The fourth-order valence-corrected chi connectivity index (χ4v) is 7.72. The number of hydrogen-bond acceptors (Lipinski definition) is 11. The third-order valence-electron chi connectivity index (χ3n) is 10.2. The van der Waals surface area contributed by atoms with Gasteiger partial charge in [-0.05, 0) is 68.5 Å². The molecular formula is C40H47ClN6O6. The first-order chi connectivity index (χ1) is 25.6. The molecular weight excluding hydrogens is 696 g/mol. The minimum absolute atomic E-state index is 0.211. The molecule has 53 heavy (non-hydrogen) atoms. The first-order valence-electron chi connectivity index (χ1n) is 17.8. The summed E-state index contributed by atoms with van der Waals surface area (Å²) in [5.41, 5.74) is 6.99.